The van der Waals surface area contributed by atoms with Crippen molar-refractivity contribution in [1.29, 1.82) is 0 Å². The number of nitrogens with one attached hydrogen (secondary N) is 1. The normalized spacial score (nSPS) is 12.6. The minimum absolute atomic E-state index is 0.476. The summed E-state index contributed by atoms with van der Waals surface area (Å²) in [5.41, 5.74) is 1.37. The highest BCUT2D eigenvalue weighted by Crippen LogP contribution is 2.14. The van der Waals surface area contributed by atoms with Crippen LogP contribution in [-0.2, 0) is 0 Å². The molecule has 11 heavy (non-hydrogen) atoms. The number of pyridine rings is 1. The summed E-state index contributed by atoms with van der Waals surface area (Å²) in [5.74, 6) is 0. The molecule has 1 unspecified atom stereocenters. The Hall–Kier alpha value is -1.12. The van der Waals surface area contributed by atoms with Crippen LogP contribution in [0.1, 0.15) is 18.8 Å². The molecule has 1 aromatic rings. The number of hydrogen-bond donors (Lipinski definition) is 1. The molecule has 0 fully saturated rings. The molecule has 0 spiro atoms. The average molecular weight is 154 g/mol. The smallest absolute Gasteiger partial charge is 0.139 e. The molecule has 1 heterocycles. The van der Waals surface area contributed by atoms with Gasteiger partial charge in [-0.1, -0.05) is 0 Å². The Bertz CT molecular complexity index is 218. The van der Waals surface area contributed by atoms with Crippen molar-refractivity contribution in [2.75, 3.05) is 12.4 Å². The van der Waals surface area contributed by atoms with Crippen LogP contribution in [0, 0.1) is 0 Å². The van der Waals surface area contributed by atoms with Crippen molar-refractivity contribution in [3.05, 3.63) is 24.0 Å². The van der Waals surface area contributed by atoms with Crippen LogP contribution in [-0.4, -0.2) is 12.0 Å². The maximum atomic E-state index is 12.6. The molecule has 0 radical (unpaired) electrons. The van der Waals surface area contributed by atoms with E-state index in [4.69, 9.17) is 0 Å². The quantitative estimate of drug-likeness (QED) is 0.706. The van der Waals surface area contributed by atoms with Gasteiger partial charge in [-0.05, 0) is 19.1 Å². The van der Waals surface area contributed by atoms with Crippen molar-refractivity contribution in [2.24, 2.45) is 0 Å². The number of anilines is 1. The van der Waals surface area contributed by atoms with Gasteiger partial charge in [0.15, 0.2) is 0 Å². The molecule has 1 N–H and O–H groups in total. The molecule has 60 valence electrons. The molecular weight excluding hydrogens is 143 g/mol. The molecule has 0 aliphatic carbocycles. The fraction of sp³-hybridized carbons (Fsp3) is 0.375. The lowest BCUT2D eigenvalue weighted by atomic mass is 10.2. The number of aromatic nitrogens is 1. The number of hydrogen-bond acceptors (Lipinski definition) is 2. The monoisotopic (exact) mass is 154 g/mol. The molecule has 0 saturated heterocycles. The molecule has 0 saturated carbocycles. The molecule has 1 atom stereocenters. The van der Waals surface area contributed by atoms with Gasteiger partial charge in [-0.15, -0.1) is 0 Å². The summed E-state index contributed by atoms with van der Waals surface area (Å²) in [6.45, 7) is 1.47. The third kappa shape index (κ3) is 1.90. The first-order valence-corrected chi connectivity index (χ1v) is 3.52. The summed E-state index contributed by atoms with van der Waals surface area (Å²) in [6, 6.07) is 3.48. The molecule has 2 nitrogen and oxygen atoms in total. The minimum atomic E-state index is -0.985. The van der Waals surface area contributed by atoms with E-state index in [2.05, 4.69) is 10.3 Å². The van der Waals surface area contributed by atoms with Crippen molar-refractivity contribution in [1.82, 2.24) is 4.98 Å². The first-order chi connectivity index (χ1) is 5.24. The largest absolute Gasteiger partial charge is 0.387 e. The third-order valence-corrected chi connectivity index (χ3v) is 1.48. The van der Waals surface area contributed by atoms with E-state index in [1.807, 2.05) is 0 Å². The van der Waals surface area contributed by atoms with Crippen LogP contribution in [0.2, 0.25) is 0 Å². The van der Waals surface area contributed by atoms with E-state index >= 15 is 0 Å². The van der Waals surface area contributed by atoms with Gasteiger partial charge in [0.25, 0.3) is 0 Å². The molecule has 0 aliphatic heterocycles. The lowest BCUT2D eigenvalue weighted by Gasteiger charge is -2.02. The Kier molecular flexibility index (Phi) is 2.41. The van der Waals surface area contributed by atoms with E-state index in [-0.39, 0.29) is 0 Å². The Labute approximate surface area is 65.5 Å². The Morgan fingerprint density at radius 1 is 1.55 bits per heavy atom. The van der Waals surface area contributed by atoms with Crippen LogP contribution in [0.25, 0.3) is 0 Å². The van der Waals surface area contributed by atoms with E-state index in [1.165, 1.54) is 6.92 Å². The Morgan fingerprint density at radius 2 is 2.27 bits per heavy atom. The van der Waals surface area contributed by atoms with Gasteiger partial charge >= 0.3 is 0 Å². The molecule has 0 aromatic carbocycles. The van der Waals surface area contributed by atoms with Gasteiger partial charge in [0.1, 0.15) is 6.17 Å². The maximum absolute atomic E-state index is 12.6. The Morgan fingerprint density at radius 3 is 2.64 bits per heavy atom. The predicted molar refractivity (Wildman–Crippen MR) is 43.3 cm³/mol. The topological polar surface area (TPSA) is 24.9 Å². The molecule has 1 aromatic heterocycles. The molecule has 0 amide bonds. The summed E-state index contributed by atoms with van der Waals surface area (Å²) >= 11 is 0. The third-order valence-electron chi connectivity index (χ3n) is 1.48. The predicted octanol–water partition coefficient (Wildman–Crippen LogP) is 2.15. The van der Waals surface area contributed by atoms with Gasteiger partial charge in [-0.2, -0.15) is 0 Å². The van der Waals surface area contributed by atoms with Gasteiger partial charge in [0.2, 0.25) is 0 Å². The second-order valence-corrected chi connectivity index (χ2v) is 2.34. The Balaban J connectivity index is 2.83. The molecule has 0 bridgehead atoms. The van der Waals surface area contributed by atoms with Gasteiger partial charge in [0, 0.05) is 7.05 Å². The van der Waals surface area contributed by atoms with Gasteiger partial charge in [-0.3, -0.25) is 4.98 Å². The van der Waals surface area contributed by atoms with Crippen molar-refractivity contribution in [3.63, 3.8) is 0 Å². The molecule has 3 heteroatoms. The zero-order chi connectivity index (χ0) is 8.27. The van der Waals surface area contributed by atoms with Gasteiger partial charge in [-0.25, -0.2) is 4.39 Å². The van der Waals surface area contributed by atoms with E-state index in [1.54, 1.807) is 25.4 Å². The summed E-state index contributed by atoms with van der Waals surface area (Å²) in [5, 5.41) is 2.91. The number of rotatable bonds is 2. The average Bonchev–Trinajstić information content (AvgIpc) is 2.05. The maximum Gasteiger partial charge on any atom is 0.139 e. The molecule has 1 rings (SSSR count). The SMILES string of the molecule is CNc1ccc(C(C)F)nc1. The number of nitrogens with zero attached hydrogens (tertiary/aromatic N) is 1. The molecule has 0 aliphatic rings. The number of alkyl halides is 1. The van der Waals surface area contributed by atoms with E-state index in [9.17, 15) is 4.39 Å². The van der Waals surface area contributed by atoms with Crippen molar-refractivity contribution >= 4 is 5.69 Å². The van der Waals surface area contributed by atoms with Crippen LogP contribution >= 0.6 is 0 Å². The zero-order valence-corrected chi connectivity index (χ0v) is 6.63. The lowest BCUT2D eigenvalue weighted by Crippen LogP contribution is -1.93. The first-order valence-electron chi connectivity index (χ1n) is 3.52. The fourth-order valence-corrected chi connectivity index (χ4v) is 0.788. The summed E-state index contributed by atoms with van der Waals surface area (Å²) in [6.07, 6.45) is 0.631. The second-order valence-electron chi connectivity index (χ2n) is 2.34. The first kappa shape index (κ1) is 7.98. The summed E-state index contributed by atoms with van der Waals surface area (Å²) in [7, 11) is 1.80. The highest BCUT2D eigenvalue weighted by Gasteiger charge is 2.02. The van der Waals surface area contributed by atoms with E-state index in [0.717, 1.165) is 5.69 Å². The van der Waals surface area contributed by atoms with Gasteiger partial charge in [0.05, 0.1) is 17.6 Å². The standard InChI is InChI=1S/C8H11FN2/c1-6(9)8-4-3-7(10-2)5-11-8/h3-6,10H,1-2H3. The van der Waals surface area contributed by atoms with E-state index in [0.29, 0.717) is 5.69 Å². The zero-order valence-electron chi connectivity index (χ0n) is 6.63. The lowest BCUT2D eigenvalue weighted by molar-refractivity contribution is 0.366. The van der Waals surface area contributed by atoms with Crippen LogP contribution < -0.4 is 5.32 Å². The highest BCUT2D eigenvalue weighted by molar-refractivity contribution is 5.40. The minimum Gasteiger partial charge on any atom is -0.387 e. The van der Waals surface area contributed by atoms with E-state index < -0.39 is 6.17 Å². The van der Waals surface area contributed by atoms with Crippen LogP contribution in [0.5, 0.6) is 0 Å². The molecular formula is C8H11FN2. The van der Waals surface area contributed by atoms with Crippen LogP contribution in [0.3, 0.4) is 0 Å². The summed E-state index contributed by atoms with van der Waals surface area (Å²) < 4.78 is 12.6. The second kappa shape index (κ2) is 3.32. The van der Waals surface area contributed by atoms with Crippen molar-refractivity contribution in [3.8, 4) is 0 Å². The number of halogens is 1. The van der Waals surface area contributed by atoms with Gasteiger partial charge < -0.3 is 5.32 Å². The van der Waals surface area contributed by atoms with Crippen LogP contribution in [0.4, 0.5) is 10.1 Å². The van der Waals surface area contributed by atoms with Crippen molar-refractivity contribution < 1.29 is 4.39 Å². The van der Waals surface area contributed by atoms with Crippen LogP contribution in [0.15, 0.2) is 18.3 Å². The van der Waals surface area contributed by atoms with Crippen molar-refractivity contribution in [2.45, 2.75) is 13.1 Å². The fourth-order valence-electron chi connectivity index (χ4n) is 0.788. The highest BCUT2D eigenvalue weighted by atomic mass is 19.1. The summed E-state index contributed by atoms with van der Waals surface area (Å²) in [4.78, 5) is 3.91.